The zero-order chi connectivity index (χ0) is 16.8. The minimum Gasteiger partial charge on any atom is -0.467 e. The van der Waals surface area contributed by atoms with Crippen LogP contribution >= 0.6 is 0 Å². The van der Waals surface area contributed by atoms with Gasteiger partial charge in [-0.1, -0.05) is 42.5 Å². The quantitative estimate of drug-likeness (QED) is 0.724. The second kappa shape index (κ2) is 7.62. The van der Waals surface area contributed by atoms with Crippen LogP contribution < -0.4 is 10.6 Å². The standard InChI is InChI=1S/C20H20N2O2/c1-15-7-5-10-17(13-15)22-19(23)14-21-20(18-11-6-12-24-18)16-8-3-2-4-9-16/h2-13,20-21H,14H2,1H3,(H,22,23)/t20-/m0/s1. The smallest absolute Gasteiger partial charge is 0.238 e. The SMILES string of the molecule is Cc1cccc(NC(=O)CN[C@@H](c2ccccc2)c2ccco2)c1. The van der Waals surface area contributed by atoms with Crippen LogP contribution in [0.2, 0.25) is 0 Å². The molecule has 0 bridgehead atoms. The largest absolute Gasteiger partial charge is 0.467 e. The highest BCUT2D eigenvalue weighted by atomic mass is 16.3. The number of hydrogen-bond donors (Lipinski definition) is 2. The molecule has 1 heterocycles. The van der Waals surface area contributed by atoms with Crippen LogP contribution in [0.1, 0.15) is 22.9 Å². The molecule has 2 N–H and O–H groups in total. The van der Waals surface area contributed by atoms with Gasteiger partial charge in [0, 0.05) is 5.69 Å². The van der Waals surface area contributed by atoms with E-state index in [1.54, 1.807) is 6.26 Å². The average molecular weight is 320 g/mol. The number of carbonyl (C=O) groups is 1. The van der Waals surface area contributed by atoms with Gasteiger partial charge in [0.15, 0.2) is 0 Å². The molecule has 0 aliphatic rings. The van der Waals surface area contributed by atoms with Gasteiger partial charge in [-0.3, -0.25) is 10.1 Å². The summed E-state index contributed by atoms with van der Waals surface area (Å²) in [6.07, 6.45) is 1.64. The second-order valence-corrected chi connectivity index (χ2v) is 5.66. The van der Waals surface area contributed by atoms with Gasteiger partial charge in [0.1, 0.15) is 5.76 Å². The number of rotatable bonds is 6. The lowest BCUT2D eigenvalue weighted by Gasteiger charge is -2.17. The Bertz CT molecular complexity index is 782. The zero-order valence-corrected chi connectivity index (χ0v) is 13.5. The highest BCUT2D eigenvalue weighted by Crippen LogP contribution is 2.22. The van der Waals surface area contributed by atoms with Crippen LogP contribution in [0.3, 0.4) is 0 Å². The van der Waals surface area contributed by atoms with Crippen LogP contribution in [0, 0.1) is 6.92 Å². The van der Waals surface area contributed by atoms with Crippen molar-refractivity contribution in [1.82, 2.24) is 5.32 Å². The van der Waals surface area contributed by atoms with Crippen molar-refractivity contribution in [3.05, 3.63) is 89.9 Å². The molecular formula is C20H20N2O2. The monoisotopic (exact) mass is 320 g/mol. The molecule has 0 saturated carbocycles. The van der Waals surface area contributed by atoms with Crippen molar-refractivity contribution >= 4 is 11.6 Å². The van der Waals surface area contributed by atoms with E-state index in [-0.39, 0.29) is 18.5 Å². The topological polar surface area (TPSA) is 54.3 Å². The second-order valence-electron chi connectivity index (χ2n) is 5.66. The van der Waals surface area contributed by atoms with Gasteiger partial charge in [-0.25, -0.2) is 0 Å². The molecule has 1 aromatic heterocycles. The zero-order valence-electron chi connectivity index (χ0n) is 13.5. The average Bonchev–Trinajstić information content (AvgIpc) is 3.10. The van der Waals surface area contributed by atoms with Crippen LogP contribution in [0.5, 0.6) is 0 Å². The van der Waals surface area contributed by atoms with Crippen molar-refractivity contribution in [3.8, 4) is 0 Å². The first kappa shape index (κ1) is 16.0. The third-order valence-electron chi connectivity index (χ3n) is 3.73. The molecule has 1 atom stereocenters. The predicted molar refractivity (Wildman–Crippen MR) is 94.8 cm³/mol. The summed E-state index contributed by atoms with van der Waals surface area (Å²) in [4.78, 5) is 12.2. The van der Waals surface area contributed by atoms with Gasteiger partial charge in [-0.15, -0.1) is 0 Å². The Balaban J connectivity index is 1.67. The van der Waals surface area contributed by atoms with E-state index in [0.29, 0.717) is 0 Å². The molecule has 4 nitrogen and oxygen atoms in total. The Labute approximate surface area is 141 Å². The Hall–Kier alpha value is -2.85. The lowest BCUT2D eigenvalue weighted by molar-refractivity contribution is -0.115. The molecule has 2 aromatic carbocycles. The first-order valence-corrected chi connectivity index (χ1v) is 7.90. The van der Waals surface area contributed by atoms with Gasteiger partial charge in [0.05, 0.1) is 18.8 Å². The molecule has 3 aromatic rings. The number of benzene rings is 2. The lowest BCUT2D eigenvalue weighted by atomic mass is 10.0. The van der Waals surface area contributed by atoms with Crippen molar-refractivity contribution in [2.45, 2.75) is 13.0 Å². The summed E-state index contributed by atoms with van der Waals surface area (Å²) in [5.41, 5.74) is 2.96. The van der Waals surface area contributed by atoms with Crippen LogP contribution in [0.25, 0.3) is 0 Å². The molecule has 24 heavy (non-hydrogen) atoms. The summed E-state index contributed by atoms with van der Waals surface area (Å²) >= 11 is 0. The van der Waals surface area contributed by atoms with Crippen LogP contribution in [0.15, 0.2) is 77.4 Å². The lowest BCUT2D eigenvalue weighted by Crippen LogP contribution is -2.31. The highest BCUT2D eigenvalue weighted by Gasteiger charge is 2.17. The van der Waals surface area contributed by atoms with Crippen molar-refractivity contribution in [2.75, 3.05) is 11.9 Å². The van der Waals surface area contributed by atoms with Crippen molar-refractivity contribution < 1.29 is 9.21 Å². The molecule has 122 valence electrons. The highest BCUT2D eigenvalue weighted by molar-refractivity contribution is 5.92. The van der Waals surface area contributed by atoms with E-state index in [2.05, 4.69) is 10.6 Å². The fourth-order valence-electron chi connectivity index (χ4n) is 2.61. The molecule has 0 unspecified atom stereocenters. The summed E-state index contributed by atoms with van der Waals surface area (Å²) in [6.45, 7) is 2.18. The molecular weight excluding hydrogens is 300 g/mol. The summed E-state index contributed by atoms with van der Waals surface area (Å²) in [5.74, 6) is 0.692. The Morgan fingerprint density at radius 1 is 1.04 bits per heavy atom. The summed E-state index contributed by atoms with van der Waals surface area (Å²) in [5, 5.41) is 6.17. The molecule has 0 aliphatic carbocycles. The van der Waals surface area contributed by atoms with Crippen molar-refractivity contribution in [2.24, 2.45) is 0 Å². The van der Waals surface area contributed by atoms with Crippen molar-refractivity contribution in [3.63, 3.8) is 0 Å². The number of aryl methyl sites for hydroxylation is 1. The van der Waals surface area contributed by atoms with Crippen LogP contribution in [-0.2, 0) is 4.79 Å². The molecule has 4 heteroatoms. The maximum Gasteiger partial charge on any atom is 0.238 e. The number of amides is 1. The number of carbonyl (C=O) groups excluding carboxylic acids is 1. The van der Waals surface area contributed by atoms with Gasteiger partial charge < -0.3 is 9.73 Å². The third-order valence-corrected chi connectivity index (χ3v) is 3.73. The Kier molecular flexibility index (Phi) is 5.08. The van der Waals surface area contributed by atoms with E-state index in [1.807, 2.05) is 73.7 Å². The number of anilines is 1. The molecule has 0 aliphatic heterocycles. The minimum atomic E-state index is -0.163. The number of hydrogen-bond acceptors (Lipinski definition) is 3. The van der Waals surface area contributed by atoms with Gasteiger partial charge in [-0.2, -0.15) is 0 Å². The fourth-order valence-corrected chi connectivity index (χ4v) is 2.61. The van der Waals surface area contributed by atoms with E-state index >= 15 is 0 Å². The van der Waals surface area contributed by atoms with Gasteiger partial charge in [0.2, 0.25) is 5.91 Å². The Morgan fingerprint density at radius 3 is 2.58 bits per heavy atom. The molecule has 0 saturated heterocycles. The third kappa shape index (κ3) is 4.12. The molecule has 3 rings (SSSR count). The normalized spacial score (nSPS) is 11.9. The summed E-state index contributed by atoms with van der Waals surface area (Å²) in [7, 11) is 0. The molecule has 0 fully saturated rings. The molecule has 1 amide bonds. The number of furan rings is 1. The first-order chi connectivity index (χ1) is 11.7. The summed E-state index contributed by atoms with van der Waals surface area (Å²) in [6, 6.07) is 21.3. The predicted octanol–water partition coefficient (Wildman–Crippen LogP) is 3.91. The summed E-state index contributed by atoms with van der Waals surface area (Å²) < 4.78 is 5.52. The van der Waals surface area contributed by atoms with E-state index < -0.39 is 0 Å². The van der Waals surface area contributed by atoms with E-state index in [0.717, 1.165) is 22.6 Å². The van der Waals surface area contributed by atoms with E-state index in [9.17, 15) is 4.79 Å². The maximum atomic E-state index is 12.2. The van der Waals surface area contributed by atoms with Crippen LogP contribution in [0.4, 0.5) is 5.69 Å². The van der Waals surface area contributed by atoms with Gasteiger partial charge >= 0.3 is 0 Å². The maximum absolute atomic E-state index is 12.2. The Morgan fingerprint density at radius 2 is 1.88 bits per heavy atom. The molecule has 0 spiro atoms. The van der Waals surface area contributed by atoms with Gasteiger partial charge in [-0.05, 0) is 42.3 Å². The minimum absolute atomic E-state index is 0.0897. The first-order valence-electron chi connectivity index (χ1n) is 7.90. The van der Waals surface area contributed by atoms with E-state index in [1.165, 1.54) is 0 Å². The van der Waals surface area contributed by atoms with Crippen LogP contribution in [-0.4, -0.2) is 12.5 Å². The van der Waals surface area contributed by atoms with Gasteiger partial charge in [0.25, 0.3) is 0 Å². The van der Waals surface area contributed by atoms with Crippen molar-refractivity contribution in [1.29, 1.82) is 0 Å². The number of nitrogens with one attached hydrogen (secondary N) is 2. The molecule has 0 radical (unpaired) electrons. The fraction of sp³-hybridized carbons (Fsp3) is 0.150. The van der Waals surface area contributed by atoms with E-state index in [4.69, 9.17) is 4.42 Å².